The van der Waals surface area contributed by atoms with Crippen LogP contribution in [-0.4, -0.2) is 6.54 Å². The summed E-state index contributed by atoms with van der Waals surface area (Å²) in [4.78, 5) is 0. The van der Waals surface area contributed by atoms with Crippen LogP contribution in [0, 0.1) is 23.5 Å². The van der Waals surface area contributed by atoms with Crippen LogP contribution in [0.3, 0.4) is 0 Å². The highest BCUT2D eigenvalue weighted by Crippen LogP contribution is 2.32. The summed E-state index contributed by atoms with van der Waals surface area (Å²) >= 11 is 0. The van der Waals surface area contributed by atoms with Crippen LogP contribution in [0.1, 0.15) is 31.2 Å². The molecule has 0 radical (unpaired) electrons. The lowest BCUT2D eigenvalue weighted by Crippen LogP contribution is -2.28. The molecule has 1 aromatic rings. The molecule has 1 fully saturated rings. The van der Waals surface area contributed by atoms with E-state index in [0.717, 1.165) is 18.4 Å². The third-order valence-corrected chi connectivity index (χ3v) is 3.85. The van der Waals surface area contributed by atoms with Crippen LogP contribution in [0.2, 0.25) is 0 Å². The van der Waals surface area contributed by atoms with E-state index in [1.807, 2.05) is 0 Å². The summed E-state index contributed by atoms with van der Waals surface area (Å²) < 4.78 is 25.9. The molecule has 0 spiro atoms. The molecule has 1 aliphatic carbocycles. The highest BCUT2D eigenvalue weighted by molar-refractivity contribution is 5.18. The summed E-state index contributed by atoms with van der Waals surface area (Å²) in [5.41, 5.74) is 6.65. The van der Waals surface area contributed by atoms with Gasteiger partial charge >= 0.3 is 0 Å². The quantitative estimate of drug-likeness (QED) is 0.860. The lowest BCUT2D eigenvalue weighted by molar-refractivity contribution is 0.242. The summed E-state index contributed by atoms with van der Waals surface area (Å²) in [6.07, 6.45) is 5.62. The minimum absolute atomic E-state index is 0.526. The zero-order chi connectivity index (χ0) is 12.3. The van der Waals surface area contributed by atoms with Gasteiger partial charge in [-0.05, 0) is 55.3 Å². The predicted octanol–water partition coefficient (Wildman–Crippen LogP) is 3.27. The molecule has 0 aromatic heterocycles. The monoisotopic (exact) mass is 239 g/mol. The zero-order valence-corrected chi connectivity index (χ0v) is 9.96. The topological polar surface area (TPSA) is 26.0 Å². The summed E-state index contributed by atoms with van der Waals surface area (Å²) in [7, 11) is 0. The first-order valence-corrected chi connectivity index (χ1v) is 6.34. The normalized spacial score (nSPS) is 24.9. The van der Waals surface area contributed by atoms with E-state index in [0.29, 0.717) is 18.4 Å². The maximum Gasteiger partial charge on any atom is 0.159 e. The molecule has 0 heterocycles. The molecular weight excluding hydrogens is 220 g/mol. The van der Waals surface area contributed by atoms with Crippen molar-refractivity contribution in [3.05, 3.63) is 35.4 Å². The van der Waals surface area contributed by atoms with Crippen molar-refractivity contribution in [2.45, 2.75) is 32.1 Å². The average Bonchev–Trinajstić information content (AvgIpc) is 2.34. The Balaban J connectivity index is 2.05. The summed E-state index contributed by atoms with van der Waals surface area (Å²) in [5, 5.41) is 0. The summed E-state index contributed by atoms with van der Waals surface area (Å²) in [5.74, 6) is -0.453. The molecule has 94 valence electrons. The Bertz CT molecular complexity index is 378. The van der Waals surface area contributed by atoms with Crippen molar-refractivity contribution >= 4 is 0 Å². The number of hydrogen-bond donors (Lipinski definition) is 1. The minimum Gasteiger partial charge on any atom is -0.330 e. The molecule has 0 saturated heterocycles. The van der Waals surface area contributed by atoms with Gasteiger partial charge in [0, 0.05) is 0 Å². The Labute approximate surface area is 101 Å². The van der Waals surface area contributed by atoms with Gasteiger partial charge in [-0.25, -0.2) is 8.78 Å². The molecular formula is C14H19F2N. The fourth-order valence-electron chi connectivity index (χ4n) is 2.83. The molecule has 2 atom stereocenters. The van der Waals surface area contributed by atoms with E-state index in [1.54, 1.807) is 6.07 Å². The van der Waals surface area contributed by atoms with Crippen LogP contribution in [0.25, 0.3) is 0 Å². The van der Waals surface area contributed by atoms with Gasteiger partial charge in [-0.1, -0.05) is 18.9 Å². The number of nitrogens with two attached hydrogens (primary N) is 1. The van der Waals surface area contributed by atoms with Crippen LogP contribution >= 0.6 is 0 Å². The third-order valence-electron chi connectivity index (χ3n) is 3.85. The molecule has 1 aromatic carbocycles. The molecule has 2 unspecified atom stereocenters. The van der Waals surface area contributed by atoms with Gasteiger partial charge in [-0.2, -0.15) is 0 Å². The molecule has 1 aliphatic rings. The van der Waals surface area contributed by atoms with E-state index in [1.165, 1.54) is 31.4 Å². The largest absolute Gasteiger partial charge is 0.330 e. The lowest BCUT2D eigenvalue weighted by Gasteiger charge is -2.30. The number of rotatable bonds is 3. The highest BCUT2D eigenvalue weighted by atomic mass is 19.2. The molecule has 17 heavy (non-hydrogen) atoms. The SMILES string of the molecule is NCC1CCCCC1Cc1ccc(F)c(F)c1. The molecule has 0 bridgehead atoms. The van der Waals surface area contributed by atoms with Crippen molar-refractivity contribution < 1.29 is 8.78 Å². The van der Waals surface area contributed by atoms with Crippen molar-refractivity contribution in [3.8, 4) is 0 Å². The zero-order valence-electron chi connectivity index (χ0n) is 9.96. The van der Waals surface area contributed by atoms with E-state index in [9.17, 15) is 8.78 Å². The van der Waals surface area contributed by atoms with Gasteiger partial charge in [0.05, 0.1) is 0 Å². The first kappa shape index (κ1) is 12.5. The van der Waals surface area contributed by atoms with Gasteiger partial charge in [-0.15, -0.1) is 0 Å². The van der Waals surface area contributed by atoms with Gasteiger partial charge in [0.25, 0.3) is 0 Å². The Hall–Kier alpha value is -0.960. The number of hydrogen-bond acceptors (Lipinski definition) is 1. The Kier molecular flexibility index (Phi) is 4.11. The fraction of sp³-hybridized carbons (Fsp3) is 0.571. The third kappa shape index (κ3) is 3.03. The molecule has 2 rings (SSSR count). The van der Waals surface area contributed by atoms with Crippen molar-refractivity contribution in [3.63, 3.8) is 0 Å². The lowest BCUT2D eigenvalue weighted by atomic mass is 9.76. The van der Waals surface area contributed by atoms with E-state index >= 15 is 0 Å². The fourth-order valence-corrected chi connectivity index (χ4v) is 2.83. The Morgan fingerprint density at radius 1 is 1.06 bits per heavy atom. The number of benzene rings is 1. The van der Waals surface area contributed by atoms with Crippen molar-refractivity contribution in [2.24, 2.45) is 17.6 Å². The molecule has 1 nitrogen and oxygen atoms in total. The van der Waals surface area contributed by atoms with Crippen molar-refractivity contribution in [1.82, 2.24) is 0 Å². The van der Waals surface area contributed by atoms with Gasteiger partial charge in [0.15, 0.2) is 11.6 Å². The van der Waals surface area contributed by atoms with Crippen LogP contribution < -0.4 is 5.73 Å². The van der Waals surface area contributed by atoms with Gasteiger partial charge in [-0.3, -0.25) is 0 Å². The summed E-state index contributed by atoms with van der Waals surface area (Å²) in [6, 6.07) is 4.21. The molecule has 0 amide bonds. The van der Waals surface area contributed by atoms with Gasteiger partial charge in [0.1, 0.15) is 0 Å². The van der Waals surface area contributed by atoms with E-state index < -0.39 is 11.6 Å². The first-order valence-electron chi connectivity index (χ1n) is 6.34. The Morgan fingerprint density at radius 2 is 1.76 bits per heavy atom. The summed E-state index contributed by atoms with van der Waals surface area (Å²) in [6.45, 7) is 0.703. The second kappa shape index (κ2) is 5.58. The van der Waals surface area contributed by atoms with Crippen LogP contribution in [0.4, 0.5) is 8.78 Å². The minimum atomic E-state index is -0.771. The second-order valence-electron chi connectivity index (χ2n) is 4.99. The maximum absolute atomic E-state index is 13.1. The number of halogens is 2. The smallest absolute Gasteiger partial charge is 0.159 e. The van der Waals surface area contributed by atoms with Crippen LogP contribution in [0.5, 0.6) is 0 Å². The maximum atomic E-state index is 13.1. The van der Waals surface area contributed by atoms with Crippen molar-refractivity contribution in [1.29, 1.82) is 0 Å². The average molecular weight is 239 g/mol. The molecule has 1 saturated carbocycles. The predicted molar refractivity (Wildman–Crippen MR) is 64.6 cm³/mol. The van der Waals surface area contributed by atoms with Gasteiger partial charge < -0.3 is 5.73 Å². The second-order valence-corrected chi connectivity index (χ2v) is 4.99. The molecule has 2 N–H and O–H groups in total. The van der Waals surface area contributed by atoms with E-state index in [2.05, 4.69) is 0 Å². The Morgan fingerprint density at radius 3 is 2.41 bits per heavy atom. The molecule has 3 heteroatoms. The van der Waals surface area contributed by atoms with E-state index in [4.69, 9.17) is 5.73 Å². The highest BCUT2D eigenvalue weighted by Gasteiger charge is 2.24. The van der Waals surface area contributed by atoms with Crippen LogP contribution in [0.15, 0.2) is 18.2 Å². The molecule has 0 aliphatic heterocycles. The standard InChI is InChI=1S/C14H19F2N/c15-13-6-5-10(8-14(13)16)7-11-3-1-2-4-12(11)9-17/h5-6,8,11-12H,1-4,7,9,17H2. The van der Waals surface area contributed by atoms with Crippen LogP contribution in [-0.2, 0) is 6.42 Å². The van der Waals surface area contributed by atoms with Crippen molar-refractivity contribution in [2.75, 3.05) is 6.54 Å². The van der Waals surface area contributed by atoms with Gasteiger partial charge in [0.2, 0.25) is 0 Å². The van der Waals surface area contributed by atoms with E-state index in [-0.39, 0.29) is 0 Å². The first-order chi connectivity index (χ1) is 8.20.